The summed E-state index contributed by atoms with van der Waals surface area (Å²) in [5.41, 5.74) is 6.86. The predicted molar refractivity (Wildman–Crippen MR) is 423 cm³/mol. The second-order valence-corrected chi connectivity index (χ2v) is 20.1. The van der Waals surface area contributed by atoms with Crippen LogP contribution in [0, 0.1) is 368 Å². The molecule has 0 spiro atoms. The molecule has 0 aromatic heterocycles. The van der Waals surface area contributed by atoms with E-state index in [1.807, 2.05) is 0 Å². The number of carbonyl (C=O) groups excluding carboxylic acids is 6. The van der Waals surface area contributed by atoms with E-state index >= 15 is 0 Å². The van der Waals surface area contributed by atoms with E-state index in [-0.39, 0.29) is 93.9 Å². The average molecular weight is 1450 g/mol. The molecule has 0 saturated carbocycles. The molecular formula is C101H38NO6Y-. The largest absolute Gasteiger partial charge is 0.618 e. The molecule has 8 heteroatoms. The monoisotopic (exact) mass is 1450 g/mol. The first-order chi connectivity index (χ1) is 52.4. The van der Waals surface area contributed by atoms with Crippen LogP contribution in [0.3, 0.4) is 0 Å². The van der Waals surface area contributed by atoms with Gasteiger partial charge in [-0.25, -0.2) is 0 Å². The summed E-state index contributed by atoms with van der Waals surface area (Å²) in [4.78, 5) is 77.1. The molecule has 1 heterocycles. The fourth-order valence-corrected chi connectivity index (χ4v) is 9.91. The van der Waals surface area contributed by atoms with E-state index in [0.717, 1.165) is 5.56 Å². The van der Waals surface area contributed by atoms with E-state index in [4.69, 9.17) is 45.0 Å². The summed E-state index contributed by atoms with van der Waals surface area (Å²) in [6, 6.07) is 4.76. The van der Waals surface area contributed by atoms with Crippen molar-refractivity contribution in [2.24, 2.45) is 0 Å². The number of rotatable bonds is 0. The molecular weight excluding hydrogens is 1410 g/mol. The molecule has 0 atom stereocenters. The first kappa shape index (κ1) is 83.9. The van der Waals surface area contributed by atoms with Crippen molar-refractivity contribution in [3.05, 3.63) is 135 Å². The van der Waals surface area contributed by atoms with Crippen LogP contribution < -0.4 is 0 Å². The number of ketones is 5. The minimum atomic E-state index is -0.898. The molecule has 1 radical (unpaired) electrons. The Kier molecular flexibility index (Phi) is 33.3. The molecule has 487 valence electrons. The predicted octanol–water partition coefficient (Wildman–Crippen LogP) is 9.71. The van der Waals surface area contributed by atoms with Crippen molar-refractivity contribution in [3.63, 3.8) is 0 Å². The fraction of sp³-hybridized carbons (Fsp3) is 0.0891. The number of amides is 1. The molecule has 0 N–H and O–H groups in total. The molecule has 7 nitrogen and oxygen atoms in total. The van der Waals surface area contributed by atoms with Crippen LogP contribution in [0.5, 0.6) is 0 Å². The van der Waals surface area contributed by atoms with Gasteiger partial charge in [0, 0.05) is 99.1 Å². The van der Waals surface area contributed by atoms with Gasteiger partial charge in [-0.1, -0.05) is 88.8 Å². The van der Waals surface area contributed by atoms with Crippen molar-refractivity contribution < 1.29 is 61.5 Å². The van der Waals surface area contributed by atoms with E-state index in [2.05, 4.69) is 308 Å². The normalized spacial score (nSPS) is 8.74. The van der Waals surface area contributed by atoms with Crippen molar-refractivity contribution in [1.29, 1.82) is 0 Å². The molecule has 3 aliphatic rings. The van der Waals surface area contributed by atoms with Gasteiger partial charge in [-0.2, -0.15) is 0 Å². The van der Waals surface area contributed by atoms with E-state index in [1.165, 1.54) is 0 Å². The van der Waals surface area contributed by atoms with Gasteiger partial charge in [-0.05, 0) is 287 Å². The summed E-state index contributed by atoms with van der Waals surface area (Å²) in [5, 5.41) is 4.57. The number of aryl methyl sites for hydroxylation is 3. The van der Waals surface area contributed by atoms with Gasteiger partial charge in [0.25, 0.3) is 0 Å². The van der Waals surface area contributed by atoms with Gasteiger partial charge in [-0.3, -0.25) is 24.0 Å². The van der Waals surface area contributed by atoms with E-state index < -0.39 is 34.8 Å². The molecule has 0 saturated heterocycles. The number of carbonyl (C=O) groups is 6. The van der Waals surface area contributed by atoms with Gasteiger partial charge in [-0.15, -0.1) is 74.8 Å². The van der Waals surface area contributed by atoms with Crippen LogP contribution in [0.1, 0.15) is 177 Å². The van der Waals surface area contributed by atoms with Gasteiger partial charge in [0.15, 0.2) is 0 Å². The van der Waals surface area contributed by atoms with Crippen molar-refractivity contribution in [2.75, 3.05) is 0 Å². The molecule has 5 aromatic rings. The summed E-state index contributed by atoms with van der Waals surface area (Å²) in [6.45, 7) is 15.1. The van der Waals surface area contributed by atoms with Crippen LogP contribution in [0.2, 0.25) is 0 Å². The number of hydrogen-bond donors (Lipinski definition) is 0. The van der Waals surface area contributed by atoms with E-state index in [9.17, 15) is 28.8 Å². The molecule has 5 aromatic carbocycles. The number of terminal acetylenes is 8. The van der Waals surface area contributed by atoms with Crippen molar-refractivity contribution in [2.45, 2.75) is 62.3 Å². The van der Waals surface area contributed by atoms with Crippen LogP contribution in [0.4, 0.5) is 5.69 Å². The third-order valence-electron chi connectivity index (χ3n) is 13.8. The molecule has 0 fully saturated rings. The van der Waals surface area contributed by atoms with Gasteiger partial charge < -0.3 is 10.1 Å². The maximum absolute atomic E-state index is 14.4. The van der Waals surface area contributed by atoms with Crippen LogP contribution in [0.25, 0.3) is 27.2 Å². The van der Waals surface area contributed by atoms with Crippen LogP contribution in [-0.2, 0) is 37.5 Å². The first-order valence-corrected chi connectivity index (χ1v) is 30.5. The van der Waals surface area contributed by atoms with E-state index in [1.54, 1.807) is 80.5 Å². The minimum absolute atomic E-state index is 0. The number of benzene rings is 5. The SMILES string of the molecule is C#CC.C#CC#CC#CC#CC#Cc1c(C#CC#CC#CC#CC)c(C#CC#CC#CC#C)c(C#CC#CC#CC)c2c1C(=O)C(=O)c1cc(C)c(C#C)c(C#CC)c1-2.C#CC#CC#Cc1c(C#CC#CC)c(C#CC#C)c2c(C#C)c(C)cc3c2c1C(=O)C3=O.C#Cc1c(C)cc2c(c1C#CC)[N-]C(=O)C2=O.[Y]. The Balaban J connectivity index is 0.000000392. The third kappa shape index (κ3) is 20.2. The Morgan fingerprint density at radius 1 is 0.257 bits per heavy atom. The standard InChI is InChI=1S/C54H16O2.C30H10O2.C14H9NO2.C3H4.Y/c1-8-14-18-22-25-27-31-35-40-48-45(38-33-30-26-23-19-15-9-2)44(37-32-29-24-20-16-10-3)47(39-34-28-21-17-11-4)51-50-46(36-12-5)43(13-6)42(7)41-49(50)53(55)54(56)52(48)51;1-6-10-13-15-18-24-22(17-14-11-7-2)23(16-12-8-3)26-21(9-4)20(5)19-25-27(26)28(24)30(32)29(25)31;1-4-6-10-9(5-2)8(3)7-11-12(10)15-14(17)13(11)16;1-3-2;/h1,3,6,41H,2,4-5,7H3;1,3-4,19H,2,5H3;2,7H,1,3H3,(H,15,16,17);1H,2H3;/p-1. The first-order valence-electron chi connectivity index (χ1n) is 30.5. The topological polar surface area (TPSA) is 117 Å². The minimum Gasteiger partial charge on any atom is -0.618 e. The molecule has 0 bridgehead atoms. The number of Topliss-reactive ketones (excluding diaryl/α,β-unsaturated/α-hetero) is 5. The van der Waals surface area contributed by atoms with Crippen molar-refractivity contribution in [1.82, 2.24) is 0 Å². The summed E-state index contributed by atoms with van der Waals surface area (Å²) >= 11 is 0. The quantitative estimate of drug-likeness (QED) is 0.113. The smallest absolute Gasteiger partial charge is 0.235 e. The molecule has 109 heavy (non-hydrogen) atoms. The maximum Gasteiger partial charge on any atom is 0.235 e. The third-order valence-corrected chi connectivity index (χ3v) is 13.8. The van der Waals surface area contributed by atoms with Gasteiger partial charge >= 0.3 is 0 Å². The van der Waals surface area contributed by atoms with Crippen molar-refractivity contribution in [3.8, 4) is 359 Å². The zero-order valence-corrected chi connectivity index (χ0v) is 62.2. The summed E-state index contributed by atoms with van der Waals surface area (Å²) < 4.78 is 0. The molecule has 0 unspecified atom stereocenters. The van der Waals surface area contributed by atoms with Gasteiger partial charge in [0.1, 0.15) is 5.91 Å². The summed E-state index contributed by atoms with van der Waals surface area (Å²) in [6.07, 6.45) is 42.6. The maximum atomic E-state index is 14.4. The van der Waals surface area contributed by atoms with E-state index in [0.29, 0.717) is 72.1 Å². The molecule has 1 amide bonds. The molecule has 2 aliphatic carbocycles. The van der Waals surface area contributed by atoms with Gasteiger partial charge in [0.2, 0.25) is 28.9 Å². The Bertz CT molecular complexity index is 6980. The summed E-state index contributed by atoms with van der Waals surface area (Å²) in [7, 11) is 0. The summed E-state index contributed by atoms with van der Waals surface area (Å²) in [5.74, 6) is 127. The Morgan fingerprint density at radius 3 is 1.02 bits per heavy atom. The Hall–Kier alpha value is -17.5. The van der Waals surface area contributed by atoms with Crippen LogP contribution in [-0.4, -0.2) is 34.8 Å². The van der Waals surface area contributed by atoms with Crippen LogP contribution >= 0.6 is 0 Å². The molecule has 1 aliphatic heterocycles. The Morgan fingerprint density at radius 2 is 0.569 bits per heavy atom. The van der Waals surface area contributed by atoms with Crippen LogP contribution in [0.15, 0.2) is 18.2 Å². The second kappa shape index (κ2) is 43.2. The number of fused-ring (bicyclic) bond motifs is 4. The number of hydrogen-bond acceptors (Lipinski definition) is 6. The zero-order valence-electron chi connectivity index (χ0n) is 59.3. The Labute approximate surface area is 663 Å². The van der Waals surface area contributed by atoms with Gasteiger partial charge in [0.05, 0.1) is 50.1 Å². The molecule has 8 rings (SSSR count). The number of nitrogens with zero attached hydrogens (tertiary/aromatic N) is 1. The zero-order chi connectivity index (χ0) is 79.1. The average Bonchev–Trinajstić information content (AvgIpc) is 1.70. The van der Waals surface area contributed by atoms with Crippen molar-refractivity contribution >= 4 is 51.3 Å². The second-order valence-electron chi connectivity index (χ2n) is 20.1. The fourth-order valence-electron chi connectivity index (χ4n) is 9.91.